The number of benzene rings is 1. The Morgan fingerprint density at radius 3 is 2.79 bits per heavy atom. The third-order valence-electron chi connectivity index (χ3n) is 2.11. The van der Waals surface area contributed by atoms with Crippen LogP contribution >= 0.6 is 31.9 Å². The number of amides is 2. The van der Waals surface area contributed by atoms with Crippen molar-refractivity contribution in [3.63, 3.8) is 0 Å². The van der Waals surface area contributed by atoms with Crippen LogP contribution in [0.1, 0.15) is 11.6 Å². The molecule has 1 aliphatic heterocycles. The smallest absolute Gasteiger partial charge is 0.315 e. The summed E-state index contributed by atoms with van der Waals surface area (Å²) in [6, 6.07) is 5.86. The number of rotatable bonds is 1. The van der Waals surface area contributed by atoms with Crippen molar-refractivity contribution in [3.05, 3.63) is 32.7 Å². The van der Waals surface area contributed by atoms with Crippen molar-refractivity contribution in [3.8, 4) is 0 Å². The highest BCUT2D eigenvalue weighted by Crippen LogP contribution is 2.27. The summed E-state index contributed by atoms with van der Waals surface area (Å²) in [4.78, 5) is 11.0. The molecule has 0 bridgehead atoms. The topological polar surface area (TPSA) is 41.1 Å². The summed E-state index contributed by atoms with van der Waals surface area (Å²) in [5, 5.41) is 5.57. The zero-order valence-corrected chi connectivity index (χ0v) is 10.4. The number of hydrogen-bond donors (Lipinski definition) is 2. The summed E-state index contributed by atoms with van der Waals surface area (Å²) in [5.41, 5.74) is 1.08. The van der Waals surface area contributed by atoms with E-state index >= 15 is 0 Å². The second-order valence-corrected chi connectivity index (χ2v) is 4.84. The molecular formula is C9H8Br2N2O. The molecule has 0 unspecified atom stereocenters. The fraction of sp³-hybridized carbons (Fsp3) is 0.222. The van der Waals surface area contributed by atoms with Crippen LogP contribution in [0.3, 0.4) is 0 Å². The average Bonchev–Trinajstić information content (AvgIpc) is 2.56. The third kappa shape index (κ3) is 1.93. The molecule has 1 atom stereocenters. The molecule has 1 aromatic rings. The van der Waals surface area contributed by atoms with E-state index in [4.69, 9.17) is 0 Å². The number of hydrogen-bond acceptors (Lipinski definition) is 1. The molecule has 2 amide bonds. The molecule has 14 heavy (non-hydrogen) atoms. The van der Waals surface area contributed by atoms with E-state index in [0.717, 1.165) is 14.5 Å². The normalized spacial score (nSPS) is 20.4. The highest BCUT2D eigenvalue weighted by Gasteiger charge is 2.23. The van der Waals surface area contributed by atoms with Crippen LogP contribution in [-0.4, -0.2) is 12.6 Å². The predicted molar refractivity (Wildman–Crippen MR) is 61.1 cm³/mol. The van der Waals surface area contributed by atoms with Gasteiger partial charge in [0.25, 0.3) is 0 Å². The first-order chi connectivity index (χ1) is 6.66. The molecule has 0 aliphatic carbocycles. The van der Waals surface area contributed by atoms with Crippen LogP contribution in [0.15, 0.2) is 27.1 Å². The lowest BCUT2D eigenvalue weighted by Crippen LogP contribution is -2.21. The average molecular weight is 320 g/mol. The molecule has 0 aromatic heterocycles. The summed E-state index contributed by atoms with van der Waals surface area (Å²) in [6.45, 7) is 0.633. The van der Waals surface area contributed by atoms with Gasteiger partial charge in [-0.2, -0.15) is 0 Å². The second-order valence-electron chi connectivity index (χ2n) is 3.07. The highest BCUT2D eigenvalue weighted by atomic mass is 79.9. The van der Waals surface area contributed by atoms with E-state index in [1.54, 1.807) is 0 Å². The van der Waals surface area contributed by atoms with Gasteiger partial charge in [0.1, 0.15) is 0 Å². The minimum Gasteiger partial charge on any atom is -0.336 e. The quantitative estimate of drug-likeness (QED) is 0.820. The van der Waals surface area contributed by atoms with Crippen molar-refractivity contribution in [2.45, 2.75) is 6.04 Å². The van der Waals surface area contributed by atoms with Gasteiger partial charge in [-0.25, -0.2) is 4.79 Å². The number of urea groups is 1. The van der Waals surface area contributed by atoms with Crippen LogP contribution < -0.4 is 10.6 Å². The molecule has 0 spiro atoms. The van der Waals surface area contributed by atoms with Crippen LogP contribution in [-0.2, 0) is 0 Å². The molecule has 3 nitrogen and oxygen atoms in total. The van der Waals surface area contributed by atoms with Gasteiger partial charge in [-0.3, -0.25) is 0 Å². The first kappa shape index (κ1) is 9.98. The fourth-order valence-corrected chi connectivity index (χ4v) is 2.33. The highest BCUT2D eigenvalue weighted by molar-refractivity contribution is 9.11. The Balaban J connectivity index is 2.31. The van der Waals surface area contributed by atoms with Crippen molar-refractivity contribution in [1.29, 1.82) is 0 Å². The van der Waals surface area contributed by atoms with E-state index in [-0.39, 0.29) is 12.1 Å². The van der Waals surface area contributed by atoms with Gasteiger partial charge in [-0.1, -0.05) is 31.9 Å². The molecule has 0 radical (unpaired) electrons. The van der Waals surface area contributed by atoms with Crippen LogP contribution in [0.25, 0.3) is 0 Å². The molecule has 1 fully saturated rings. The third-order valence-corrected chi connectivity index (χ3v) is 3.32. The zero-order chi connectivity index (χ0) is 10.1. The standard InChI is InChI=1S/C9H8Br2N2O/c10-5-1-2-7(11)6(3-5)8-4-12-9(14)13-8/h1-3,8H,4H2,(H2,12,13,14)/t8-/m1/s1. The van der Waals surface area contributed by atoms with Gasteiger partial charge >= 0.3 is 6.03 Å². The molecule has 2 N–H and O–H groups in total. The van der Waals surface area contributed by atoms with Crippen LogP contribution in [0.2, 0.25) is 0 Å². The number of nitrogens with one attached hydrogen (secondary N) is 2. The maximum atomic E-state index is 11.0. The van der Waals surface area contributed by atoms with E-state index in [0.29, 0.717) is 6.54 Å². The van der Waals surface area contributed by atoms with E-state index in [1.807, 2.05) is 18.2 Å². The van der Waals surface area contributed by atoms with Gasteiger partial charge in [0.2, 0.25) is 0 Å². The van der Waals surface area contributed by atoms with Crippen molar-refractivity contribution in [1.82, 2.24) is 10.6 Å². The molecule has 1 aliphatic rings. The van der Waals surface area contributed by atoms with Gasteiger partial charge in [0.05, 0.1) is 6.04 Å². The Labute approximate surface area is 98.5 Å². The van der Waals surface area contributed by atoms with E-state index < -0.39 is 0 Å². The van der Waals surface area contributed by atoms with Crippen molar-refractivity contribution < 1.29 is 4.79 Å². The molecule has 1 heterocycles. The second kappa shape index (κ2) is 3.90. The maximum Gasteiger partial charge on any atom is 0.315 e. The SMILES string of the molecule is O=C1NC[C@H](c2cc(Br)ccc2Br)N1. The Morgan fingerprint density at radius 1 is 1.36 bits per heavy atom. The maximum absolute atomic E-state index is 11.0. The lowest BCUT2D eigenvalue weighted by atomic mass is 10.1. The molecule has 0 saturated carbocycles. The largest absolute Gasteiger partial charge is 0.336 e. The number of carbonyl (C=O) groups is 1. The summed E-state index contributed by atoms with van der Waals surface area (Å²) in [5.74, 6) is 0. The summed E-state index contributed by atoms with van der Waals surface area (Å²) >= 11 is 6.87. The Morgan fingerprint density at radius 2 is 2.14 bits per heavy atom. The molecule has 1 aromatic carbocycles. The van der Waals surface area contributed by atoms with Crippen molar-refractivity contribution in [2.24, 2.45) is 0 Å². The minimum atomic E-state index is -0.109. The van der Waals surface area contributed by atoms with Gasteiger partial charge in [0, 0.05) is 15.5 Å². The fourth-order valence-electron chi connectivity index (χ4n) is 1.42. The minimum absolute atomic E-state index is 0.0503. The van der Waals surface area contributed by atoms with Gasteiger partial charge in [0.15, 0.2) is 0 Å². The molecule has 5 heteroatoms. The van der Waals surface area contributed by atoms with Crippen molar-refractivity contribution in [2.75, 3.05) is 6.54 Å². The van der Waals surface area contributed by atoms with Crippen LogP contribution in [0.4, 0.5) is 4.79 Å². The van der Waals surface area contributed by atoms with Gasteiger partial charge < -0.3 is 10.6 Å². The summed E-state index contributed by atoms with van der Waals surface area (Å²) < 4.78 is 2.02. The van der Waals surface area contributed by atoms with Crippen molar-refractivity contribution >= 4 is 37.9 Å². The van der Waals surface area contributed by atoms with Crippen LogP contribution in [0.5, 0.6) is 0 Å². The van der Waals surface area contributed by atoms with E-state index in [9.17, 15) is 4.79 Å². The first-order valence-corrected chi connectivity index (χ1v) is 5.75. The molecule has 2 rings (SSSR count). The lowest BCUT2D eigenvalue weighted by molar-refractivity contribution is 0.247. The predicted octanol–water partition coefficient (Wildman–Crippen LogP) is 2.57. The molecule has 74 valence electrons. The molecular weight excluding hydrogens is 312 g/mol. The number of halogens is 2. The summed E-state index contributed by atoms with van der Waals surface area (Å²) in [6.07, 6.45) is 0. The summed E-state index contributed by atoms with van der Waals surface area (Å²) in [7, 11) is 0. The molecule has 1 saturated heterocycles. The first-order valence-electron chi connectivity index (χ1n) is 4.16. The Bertz CT molecular complexity index is 381. The van der Waals surface area contributed by atoms with E-state index in [2.05, 4.69) is 42.5 Å². The van der Waals surface area contributed by atoms with Gasteiger partial charge in [-0.05, 0) is 23.8 Å². The van der Waals surface area contributed by atoms with Crippen LogP contribution in [0, 0.1) is 0 Å². The zero-order valence-electron chi connectivity index (χ0n) is 7.18. The Kier molecular flexibility index (Phi) is 2.78. The van der Waals surface area contributed by atoms with E-state index in [1.165, 1.54) is 0 Å². The number of carbonyl (C=O) groups excluding carboxylic acids is 1. The Hall–Kier alpha value is -0.550. The van der Waals surface area contributed by atoms with Gasteiger partial charge in [-0.15, -0.1) is 0 Å². The lowest BCUT2D eigenvalue weighted by Gasteiger charge is -2.11. The monoisotopic (exact) mass is 318 g/mol.